The van der Waals surface area contributed by atoms with E-state index in [4.69, 9.17) is 9.47 Å². The fourth-order valence-electron chi connectivity index (χ4n) is 1.69. The molecular weight excluding hydrogens is 230 g/mol. The predicted octanol–water partition coefficient (Wildman–Crippen LogP) is 2.76. The van der Waals surface area contributed by atoms with E-state index in [1.165, 1.54) is 0 Å². The molecule has 0 amide bonds. The average molecular weight is 241 g/mol. The summed E-state index contributed by atoms with van der Waals surface area (Å²) in [5, 5.41) is 1.08. The van der Waals surface area contributed by atoms with Gasteiger partial charge in [0.05, 0.1) is 7.11 Å². The zero-order valence-corrected chi connectivity index (χ0v) is 9.75. The highest BCUT2D eigenvalue weighted by molar-refractivity contribution is 5.80. The molecule has 3 aromatic rings. The lowest BCUT2D eigenvalue weighted by Gasteiger charge is -2.04. The highest BCUT2D eigenvalue weighted by Crippen LogP contribution is 2.23. The van der Waals surface area contributed by atoms with Gasteiger partial charge in [0.1, 0.15) is 5.75 Å². The molecule has 2 heterocycles. The number of rotatable bonds is 3. The van der Waals surface area contributed by atoms with Gasteiger partial charge in [-0.15, -0.1) is 0 Å². The standard InChI is InChI=1S/C13H11N3O2/c1-17-12-5-7-15-13(16-12)18-10-2-3-11-9(8-10)4-6-14-11/h2-8,14H,1H3. The van der Waals surface area contributed by atoms with Crippen LogP contribution in [0.5, 0.6) is 17.6 Å². The van der Waals surface area contributed by atoms with E-state index in [9.17, 15) is 0 Å². The molecule has 90 valence electrons. The Labute approximate surface area is 103 Å². The largest absolute Gasteiger partial charge is 0.481 e. The molecule has 0 unspecified atom stereocenters. The van der Waals surface area contributed by atoms with E-state index in [0.717, 1.165) is 10.9 Å². The highest BCUT2D eigenvalue weighted by atomic mass is 16.5. The van der Waals surface area contributed by atoms with Gasteiger partial charge in [0.2, 0.25) is 5.88 Å². The lowest BCUT2D eigenvalue weighted by molar-refractivity contribution is 0.376. The van der Waals surface area contributed by atoms with Gasteiger partial charge < -0.3 is 14.5 Å². The van der Waals surface area contributed by atoms with E-state index in [-0.39, 0.29) is 6.01 Å². The first-order chi connectivity index (χ1) is 8.85. The van der Waals surface area contributed by atoms with Crippen LogP contribution >= 0.6 is 0 Å². The Bertz CT molecular complexity index is 679. The molecular formula is C13H11N3O2. The molecule has 0 aliphatic carbocycles. The zero-order valence-electron chi connectivity index (χ0n) is 9.75. The summed E-state index contributed by atoms with van der Waals surface area (Å²) < 4.78 is 10.6. The van der Waals surface area contributed by atoms with E-state index >= 15 is 0 Å². The van der Waals surface area contributed by atoms with Crippen LogP contribution < -0.4 is 9.47 Å². The van der Waals surface area contributed by atoms with Crippen LogP contribution in [0.25, 0.3) is 10.9 Å². The van der Waals surface area contributed by atoms with Crippen LogP contribution in [0.2, 0.25) is 0 Å². The van der Waals surface area contributed by atoms with Crippen molar-refractivity contribution in [2.45, 2.75) is 0 Å². The van der Waals surface area contributed by atoms with Crippen LogP contribution in [0, 0.1) is 0 Å². The van der Waals surface area contributed by atoms with Gasteiger partial charge in [-0.05, 0) is 24.3 Å². The molecule has 3 rings (SSSR count). The molecule has 0 saturated heterocycles. The first kappa shape index (κ1) is 10.6. The molecule has 0 radical (unpaired) electrons. The quantitative estimate of drug-likeness (QED) is 0.766. The summed E-state index contributed by atoms with van der Waals surface area (Å²) >= 11 is 0. The number of aromatic nitrogens is 3. The average Bonchev–Trinajstić information content (AvgIpc) is 2.86. The van der Waals surface area contributed by atoms with Crippen molar-refractivity contribution in [3.63, 3.8) is 0 Å². The summed E-state index contributed by atoms with van der Waals surface area (Å²) in [5.74, 6) is 1.16. The van der Waals surface area contributed by atoms with Crippen molar-refractivity contribution in [1.82, 2.24) is 15.0 Å². The molecule has 2 aromatic heterocycles. The second kappa shape index (κ2) is 4.37. The lowest BCUT2D eigenvalue weighted by atomic mass is 10.2. The summed E-state index contributed by atoms with van der Waals surface area (Å²) in [6.45, 7) is 0. The molecule has 0 saturated carbocycles. The van der Waals surface area contributed by atoms with Gasteiger partial charge in [0.25, 0.3) is 0 Å². The fraction of sp³-hybridized carbons (Fsp3) is 0.0769. The Morgan fingerprint density at radius 3 is 3.00 bits per heavy atom. The predicted molar refractivity (Wildman–Crippen MR) is 67.0 cm³/mol. The zero-order chi connectivity index (χ0) is 12.4. The molecule has 0 fully saturated rings. The lowest BCUT2D eigenvalue weighted by Crippen LogP contribution is -1.94. The minimum Gasteiger partial charge on any atom is -0.481 e. The topological polar surface area (TPSA) is 60.0 Å². The number of ether oxygens (including phenoxy) is 2. The van der Waals surface area contributed by atoms with Crippen molar-refractivity contribution in [2.24, 2.45) is 0 Å². The van der Waals surface area contributed by atoms with Crippen molar-refractivity contribution in [3.05, 3.63) is 42.7 Å². The van der Waals surface area contributed by atoms with Crippen molar-refractivity contribution in [3.8, 4) is 17.6 Å². The molecule has 18 heavy (non-hydrogen) atoms. The molecule has 0 aliphatic rings. The number of hydrogen-bond acceptors (Lipinski definition) is 4. The summed E-state index contributed by atoms with van der Waals surface area (Å²) in [4.78, 5) is 11.2. The maximum atomic E-state index is 5.58. The third kappa shape index (κ3) is 1.98. The van der Waals surface area contributed by atoms with E-state index in [0.29, 0.717) is 11.6 Å². The number of nitrogens with zero attached hydrogens (tertiary/aromatic N) is 2. The molecule has 1 N–H and O–H groups in total. The van der Waals surface area contributed by atoms with Crippen molar-refractivity contribution < 1.29 is 9.47 Å². The van der Waals surface area contributed by atoms with Crippen LogP contribution in [0.3, 0.4) is 0 Å². The Morgan fingerprint density at radius 2 is 2.11 bits per heavy atom. The van der Waals surface area contributed by atoms with Crippen molar-refractivity contribution in [2.75, 3.05) is 7.11 Å². The van der Waals surface area contributed by atoms with Gasteiger partial charge in [-0.2, -0.15) is 4.98 Å². The molecule has 1 aromatic carbocycles. The van der Waals surface area contributed by atoms with Crippen LogP contribution in [-0.2, 0) is 0 Å². The molecule has 0 aliphatic heterocycles. The molecule has 5 nitrogen and oxygen atoms in total. The van der Waals surface area contributed by atoms with Gasteiger partial charge in [0, 0.05) is 29.4 Å². The Balaban J connectivity index is 1.90. The third-order valence-corrected chi connectivity index (χ3v) is 2.55. The maximum Gasteiger partial charge on any atom is 0.325 e. The van der Waals surface area contributed by atoms with E-state index in [1.807, 2.05) is 30.5 Å². The van der Waals surface area contributed by atoms with Gasteiger partial charge in [0.15, 0.2) is 0 Å². The minimum atomic E-state index is 0.268. The molecule has 0 atom stereocenters. The summed E-state index contributed by atoms with van der Waals surface area (Å²) in [5.41, 5.74) is 1.06. The molecule has 0 bridgehead atoms. The molecule has 5 heteroatoms. The second-order valence-corrected chi connectivity index (χ2v) is 3.71. The molecule has 0 spiro atoms. The van der Waals surface area contributed by atoms with Gasteiger partial charge >= 0.3 is 6.01 Å². The number of H-pyrrole nitrogens is 1. The summed E-state index contributed by atoms with van der Waals surface area (Å²) in [7, 11) is 1.55. The summed E-state index contributed by atoms with van der Waals surface area (Å²) in [6, 6.07) is 9.65. The first-order valence-corrected chi connectivity index (χ1v) is 5.47. The minimum absolute atomic E-state index is 0.268. The van der Waals surface area contributed by atoms with Crippen LogP contribution in [0.15, 0.2) is 42.7 Å². The highest BCUT2D eigenvalue weighted by Gasteiger charge is 2.03. The van der Waals surface area contributed by atoms with Gasteiger partial charge in [-0.3, -0.25) is 0 Å². The third-order valence-electron chi connectivity index (χ3n) is 2.55. The number of hydrogen-bond donors (Lipinski definition) is 1. The van der Waals surface area contributed by atoms with Crippen molar-refractivity contribution >= 4 is 10.9 Å². The normalized spacial score (nSPS) is 10.5. The maximum absolute atomic E-state index is 5.58. The number of nitrogens with one attached hydrogen (secondary N) is 1. The SMILES string of the molecule is COc1ccnc(Oc2ccc3[nH]ccc3c2)n1. The smallest absolute Gasteiger partial charge is 0.325 e. The van der Waals surface area contributed by atoms with Gasteiger partial charge in [-0.1, -0.05) is 0 Å². The monoisotopic (exact) mass is 241 g/mol. The van der Waals surface area contributed by atoms with Crippen LogP contribution in [-0.4, -0.2) is 22.1 Å². The van der Waals surface area contributed by atoms with Crippen LogP contribution in [0.4, 0.5) is 0 Å². The Morgan fingerprint density at radius 1 is 1.17 bits per heavy atom. The van der Waals surface area contributed by atoms with Crippen molar-refractivity contribution in [1.29, 1.82) is 0 Å². The fourth-order valence-corrected chi connectivity index (χ4v) is 1.69. The number of aromatic amines is 1. The number of fused-ring (bicyclic) bond motifs is 1. The van der Waals surface area contributed by atoms with E-state index < -0.39 is 0 Å². The van der Waals surface area contributed by atoms with E-state index in [1.54, 1.807) is 19.4 Å². The Kier molecular flexibility index (Phi) is 2.57. The second-order valence-electron chi connectivity index (χ2n) is 3.71. The summed E-state index contributed by atoms with van der Waals surface area (Å²) in [6.07, 6.45) is 3.48. The number of methoxy groups -OCH3 is 1. The number of benzene rings is 1. The van der Waals surface area contributed by atoms with E-state index in [2.05, 4.69) is 15.0 Å². The van der Waals surface area contributed by atoms with Gasteiger partial charge in [-0.25, -0.2) is 4.98 Å². The first-order valence-electron chi connectivity index (χ1n) is 5.47. The Hall–Kier alpha value is -2.56. The van der Waals surface area contributed by atoms with Crippen LogP contribution in [0.1, 0.15) is 0 Å².